The lowest BCUT2D eigenvalue weighted by molar-refractivity contribution is -0.392. The summed E-state index contributed by atoms with van der Waals surface area (Å²) >= 11 is 1.07. The SMILES string of the molecule is Cn1cnc([N+](=O)[O-])c1Sc1nc(N)nc2c1ncn2C1C=CC(CO)C1. The lowest BCUT2D eigenvalue weighted by Gasteiger charge is -2.12. The van der Waals surface area contributed by atoms with Crippen LogP contribution in [0.1, 0.15) is 12.5 Å². The molecule has 0 amide bonds. The Labute approximate surface area is 157 Å². The van der Waals surface area contributed by atoms with Gasteiger partial charge in [0, 0.05) is 19.6 Å². The van der Waals surface area contributed by atoms with Crippen molar-refractivity contribution in [3.8, 4) is 0 Å². The summed E-state index contributed by atoms with van der Waals surface area (Å²) in [5.41, 5.74) is 6.93. The van der Waals surface area contributed by atoms with Gasteiger partial charge < -0.3 is 30.1 Å². The zero-order valence-electron chi connectivity index (χ0n) is 14.3. The van der Waals surface area contributed by atoms with Crippen LogP contribution in [0, 0.1) is 16.0 Å². The number of fused-ring (bicyclic) bond motifs is 1. The Morgan fingerprint density at radius 2 is 2.19 bits per heavy atom. The highest BCUT2D eigenvalue weighted by atomic mass is 32.2. The molecule has 2 unspecified atom stereocenters. The molecule has 11 nitrogen and oxygen atoms in total. The van der Waals surface area contributed by atoms with Crippen LogP contribution in [-0.4, -0.2) is 45.7 Å². The monoisotopic (exact) mass is 388 g/mol. The summed E-state index contributed by atoms with van der Waals surface area (Å²) in [4.78, 5) is 27.4. The van der Waals surface area contributed by atoms with Crippen LogP contribution in [0.4, 0.5) is 11.8 Å². The number of hydrogen-bond donors (Lipinski definition) is 2. The number of allylic oxidation sites excluding steroid dienone is 1. The van der Waals surface area contributed by atoms with Gasteiger partial charge in [-0.3, -0.25) is 0 Å². The van der Waals surface area contributed by atoms with Crippen molar-refractivity contribution in [2.24, 2.45) is 13.0 Å². The normalized spacial score (nSPS) is 19.2. The van der Waals surface area contributed by atoms with Gasteiger partial charge in [0.15, 0.2) is 10.7 Å². The highest BCUT2D eigenvalue weighted by Crippen LogP contribution is 2.37. The van der Waals surface area contributed by atoms with Crippen LogP contribution >= 0.6 is 11.8 Å². The van der Waals surface area contributed by atoms with E-state index in [9.17, 15) is 15.2 Å². The first-order valence-corrected chi connectivity index (χ1v) is 8.92. The summed E-state index contributed by atoms with van der Waals surface area (Å²) < 4.78 is 3.43. The van der Waals surface area contributed by atoms with E-state index in [2.05, 4.69) is 19.9 Å². The van der Waals surface area contributed by atoms with E-state index in [1.54, 1.807) is 17.9 Å². The van der Waals surface area contributed by atoms with E-state index in [0.717, 1.165) is 18.2 Å². The first kappa shape index (κ1) is 17.4. The minimum Gasteiger partial charge on any atom is -0.396 e. The maximum atomic E-state index is 11.2. The van der Waals surface area contributed by atoms with Crippen molar-refractivity contribution in [2.45, 2.75) is 22.5 Å². The average Bonchev–Trinajstić information content (AvgIpc) is 3.33. The maximum absolute atomic E-state index is 11.2. The number of aliphatic hydroxyl groups is 1. The fourth-order valence-electron chi connectivity index (χ4n) is 3.06. The van der Waals surface area contributed by atoms with Gasteiger partial charge in [0.25, 0.3) is 0 Å². The van der Waals surface area contributed by atoms with Crippen molar-refractivity contribution in [1.29, 1.82) is 0 Å². The number of rotatable bonds is 5. The van der Waals surface area contributed by atoms with E-state index >= 15 is 0 Å². The third-order valence-electron chi connectivity index (χ3n) is 4.38. The number of aryl methyl sites for hydroxylation is 1. The Balaban J connectivity index is 1.76. The van der Waals surface area contributed by atoms with Crippen LogP contribution in [0.25, 0.3) is 11.2 Å². The lowest BCUT2D eigenvalue weighted by Crippen LogP contribution is -2.08. The Morgan fingerprint density at radius 3 is 2.89 bits per heavy atom. The second kappa shape index (κ2) is 6.63. The van der Waals surface area contributed by atoms with Gasteiger partial charge in [0.2, 0.25) is 12.3 Å². The van der Waals surface area contributed by atoms with Gasteiger partial charge in [-0.2, -0.15) is 4.98 Å². The molecule has 0 aliphatic heterocycles. The van der Waals surface area contributed by atoms with Crippen LogP contribution in [0.2, 0.25) is 0 Å². The molecule has 0 aromatic carbocycles. The summed E-state index contributed by atoms with van der Waals surface area (Å²) in [6, 6.07) is 0.00494. The highest BCUT2D eigenvalue weighted by Gasteiger charge is 2.26. The molecule has 3 heterocycles. The van der Waals surface area contributed by atoms with Crippen molar-refractivity contribution in [3.05, 3.63) is 34.9 Å². The first-order chi connectivity index (χ1) is 13.0. The molecule has 0 bridgehead atoms. The average molecular weight is 388 g/mol. The van der Waals surface area contributed by atoms with Crippen molar-refractivity contribution in [3.63, 3.8) is 0 Å². The van der Waals surface area contributed by atoms with Gasteiger partial charge in [-0.25, -0.2) is 9.97 Å². The molecule has 4 rings (SSSR count). The van der Waals surface area contributed by atoms with Gasteiger partial charge in [0.05, 0.1) is 12.4 Å². The smallest absolute Gasteiger partial charge is 0.396 e. The molecule has 1 aliphatic rings. The zero-order chi connectivity index (χ0) is 19.1. The van der Waals surface area contributed by atoms with E-state index in [1.807, 2.05) is 16.7 Å². The third kappa shape index (κ3) is 3.02. The fourth-order valence-corrected chi connectivity index (χ4v) is 4.03. The summed E-state index contributed by atoms with van der Waals surface area (Å²) in [5, 5.41) is 21.3. The number of nitrogens with two attached hydrogens (primary N) is 1. The largest absolute Gasteiger partial charge is 0.396 e. The predicted octanol–water partition coefficient (Wildman–Crippen LogP) is 1.31. The number of aliphatic hydroxyl groups excluding tert-OH is 1. The van der Waals surface area contributed by atoms with Crippen molar-refractivity contribution in [1.82, 2.24) is 29.1 Å². The van der Waals surface area contributed by atoms with Crippen molar-refractivity contribution < 1.29 is 10.0 Å². The molecule has 140 valence electrons. The van der Waals surface area contributed by atoms with Gasteiger partial charge >= 0.3 is 5.82 Å². The van der Waals surface area contributed by atoms with Gasteiger partial charge in [-0.15, -0.1) is 0 Å². The highest BCUT2D eigenvalue weighted by molar-refractivity contribution is 7.99. The maximum Gasteiger partial charge on any atom is 0.396 e. The Hall–Kier alpha value is -2.99. The van der Waals surface area contributed by atoms with E-state index in [0.29, 0.717) is 21.2 Å². The Bertz CT molecular complexity index is 1060. The number of hydrogen-bond acceptors (Lipinski definition) is 9. The topological polar surface area (TPSA) is 151 Å². The number of imidazole rings is 2. The fraction of sp³-hybridized carbons (Fsp3) is 0.333. The number of anilines is 1. The standard InChI is InChI=1S/C15H16N8O3S/c1-21-6-18-12(23(25)26)14(21)27-13-10-11(19-15(16)20-13)22(7-17-10)9-3-2-8(4-9)5-24/h2-3,6-9,24H,4-5H2,1H3,(H2,16,19,20). The van der Waals surface area contributed by atoms with Gasteiger partial charge in [-0.05, 0) is 28.1 Å². The molecule has 3 N–H and O–H groups in total. The molecule has 1 aliphatic carbocycles. The molecule has 12 heteroatoms. The van der Waals surface area contributed by atoms with Crippen LogP contribution in [0.15, 0.2) is 34.9 Å². The van der Waals surface area contributed by atoms with Gasteiger partial charge in [-0.1, -0.05) is 12.2 Å². The molecule has 2 atom stereocenters. The second-order valence-electron chi connectivity index (χ2n) is 6.19. The summed E-state index contributed by atoms with van der Waals surface area (Å²) in [7, 11) is 1.67. The molecule has 0 saturated carbocycles. The molecule has 27 heavy (non-hydrogen) atoms. The van der Waals surface area contributed by atoms with Crippen molar-refractivity contribution >= 4 is 34.7 Å². The third-order valence-corrected chi connectivity index (χ3v) is 5.52. The number of nitro groups is 1. The summed E-state index contributed by atoms with van der Waals surface area (Å²) in [6.07, 6.45) is 7.73. The number of nitrogens with zero attached hydrogens (tertiary/aromatic N) is 7. The number of nitrogen functional groups attached to an aromatic ring is 1. The lowest BCUT2D eigenvalue weighted by atomic mass is 10.1. The van der Waals surface area contributed by atoms with Gasteiger partial charge in [0.1, 0.15) is 10.5 Å². The molecule has 0 saturated heterocycles. The minimum atomic E-state index is -0.541. The molecule has 0 radical (unpaired) electrons. The zero-order valence-corrected chi connectivity index (χ0v) is 15.1. The van der Waals surface area contributed by atoms with Crippen LogP contribution in [-0.2, 0) is 7.05 Å². The van der Waals surface area contributed by atoms with Crippen LogP contribution in [0.5, 0.6) is 0 Å². The Morgan fingerprint density at radius 1 is 1.37 bits per heavy atom. The molecular weight excluding hydrogens is 372 g/mol. The second-order valence-corrected chi connectivity index (χ2v) is 7.16. The molecule has 0 spiro atoms. The summed E-state index contributed by atoms with van der Waals surface area (Å²) in [5.74, 6) is -0.105. The van der Waals surface area contributed by atoms with E-state index in [1.165, 1.54) is 6.33 Å². The Kier molecular flexibility index (Phi) is 4.28. The first-order valence-electron chi connectivity index (χ1n) is 8.10. The minimum absolute atomic E-state index is 0.00494. The number of aromatic nitrogens is 6. The van der Waals surface area contributed by atoms with Crippen LogP contribution in [0.3, 0.4) is 0 Å². The van der Waals surface area contributed by atoms with E-state index in [4.69, 9.17) is 5.73 Å². The molecule has 0 fully saturated rings. The molecular formula is C15H16N8O3S. The molecule has 3 aromatic rings. The predicted molar refractivity (Wildman–Crippen MR) is 97.1 cm³/mol. The van der Waals surface area contributed by atoms with E-state index in [-0.39, 0.29) is 30.3 Å². The van der Waals surface area contributed by atoms with Crippen LogP contribution < -0.4 is 5.73 Å². The van der Waals surface area contributed by atoms with E-state index < -0.39 is 4.92 Å². The molecule has 3 aromatic heterocycles. The quantitative estimate of drug-likeness (QED) is 0.285. The van der Waals surface area contributed by atoms with Crippen molar-refractivity contribution in [2.75, 3.05) is 12.3 Å². The summed E-state index contributed by atoms with van der Waals surface area (Å²) in [6.45, 7) is 0.0853.